The van der Waals surface area contributed by atoms with E-state index in [-0.39, 0.29) is 5.82 Å². The lowest BCUT2D eigenvalue weighted by Gasteiger charge is -1.83. The number of hydrogen-bond acceptors (Lipinski definition) is 1. The lowest BCUT2D eigenvalue weighted by Crippen LogP contribution is -1.81. The Hall–Kier alpha value is -1.43. The van der Waals surface area contributed by atoms with Crippen molar-refractivity contribution in [2.24, 2.45) is 0 Å². The van der Waals surface area contributed by atoms with Crippen LogP contribution in [-0.2, 0) is 0 Å². The van der Waals surface area contributed by atoms with Gasteiger partial charge in [-0.05, 0) is 23.5 Å². The minimum Gasteiger partial charge on any atom is -0.196 e. The van der Waals surface area contributed by atoms with Gasteiger partial charge in [0.15, 0.2) is 0 Å². The Kier molecular flexibility index (Phi) is 1.63. The third-order valence-corrected chi connectivity index (χ3v) is 1.08. The van der Waals surface area contributed by atoms with E-state index in [2.05, 4.69) is 9.83 Å². The Bertz CT molecular complexity index is 288. The number of hydrogen-bond donors (Lipinski definition) is 0. The van der Waals surface area contributed by atoms with Crippen molar-refractivity contribution in [2.45, 2.75) is 6.92 Å². The molecule has 0 fully saturated rings. The van der Waals surface area contributed by atoms with Gasteiger partial charge < -0.3 is 0 Å². The van der Waals surface area contributed by atoms with Gasteiger partial charge in [-0.1, -0.05) is 0 Å². The van der Waals surface area contributed by atoms with Gasteiger partial charge >= 0.3 is 5.82 Å². The number of aromatic nitrogens is 1. The third kappa shape index (κ3) is 1.11. The van der Waals surface area contributed by atoms with Crippen LogP contribution in [0.3, 0.4) is 0 Å². The summed E-state index contributed by atoms with van der Waals surface area (Å²) < 4.78 is 12.6. The molecule has 2 nitrogen and oxygen atoms in total. The molecule has 0 aliphatic heterocycles. The molecule has 0 saturated heterocycles. The van der Waals surface area contributed by atoms with E-state index in [1.165, 1.54) is 12.3 Å². The fourth-order valence-electron chi connectivity index (χ4n) is 0.621. The van der Waals surface area contributed by atoms with Crippen molar-refractivity contribution in [2.75, 3.05) is 0 Å². The van der Waals surface area contributed by atoms with Crippen LogP contribution in [0.15, 0.2) is 12.3 Å². The molecule has 0 saturated carbocycles. The van der Waals surface area contributed by atoms with Crippen molar-refractivity contribution in [3.63, 3.8) is 0 Å². The van der Waals surface area contributed by atoms with Crippen LogP contribution < -0.4 is 0 Å². The summed E-state index contributed by atoms with van der Waals surface area (Å²) in [5, 5.41) is 0. The topological polar surface area (TPSA) is 17.2 Å². The second kappa shape index (κ2) is 2.44. The van der Waals surface area contributed by atoms with Gasteiger partial charge in [0.2, 0.25) is 5.82 Å². The molecule has 1 heterocycles. The van der Waals surface area contributed by atoms with Crippen molar-refractivity contribution in [3.8, 4) is 6.57 Å². The lowest BCUT2D eigenvalue weighted by molar-refractivity contribution is 0.627. The van der Waals surface area contributed by atoms with Crippen molar-refractivity contribution >= 4 is 5.82 Å². The fraction of sp³-hybridized carbons (Fsp3) is 0.143. The van der Waals surface area contributed by atoms with Crippen LogP contribution in [0.5, 0.6) is 0 Å². The summed E-state index contributed by atoms with van der Waals surface area (Å²) in [6.45, 7) is 6.57. The average Bonchev–Trinajstić information content (AvgIpc) is 1.88. The number of rotatable bonds is 0. The summed E-state index contributed by atoms with van der Waals surface area (Å²) in [5.41, 5.74) is 0.755. The summed E-state index contributed by atoms with van der Waals surface area (Å²) in [4.78, 5) is 6.75. The minimum absolute atomic E-state index is 0.0504. The number of aryl methyl sites for hydroxylation is 1. The molecule has 0 amide bonds. The Morgan fingerprint density at radius 1 is 1.70 bits per heavy atom. The maximum atomic E-state index is 12.6. The van der Waals surface area contributed by atoms with Gasteiger partial charge in [-0.15, -0.1) is 0 Å². The molecule has 1 rings (SSSR count). The predicted molar refractivity (Wildman–Crippen MR) is 36.9 cm³/mol. The minimum atomic E-state index is -0.484. The highest BCUT2D eigenvalue weighted by atomic mass is 19.1. The van der Waals surface area contributed by atoms with Crippen LogP contribution >= 0.6 is 0 Å². The van der Waals surface area contributed by atoms with E-state index < -0.39 is 5.82 Å². The molecule has 1 aromatic rings. The van der Waals surface area contributed by atoms with E-state index in [1.807, 2.05) is 0 Å². The monoisotopic (exact) mass is 137 g/mol. The van der Waals surface area contributed by atoms with Gasteiger partial charge in [0.25, 0.3) is 0 Å². The van der Waals surface area contributed by atoms with Crippen molar-refractivity contribution in [3.05, 3.63) is 28.5 Å². The molecular formula is C7H6FN2+. The van der Waals surface area contributed by atoms with Gasteiger partial charge in [0.05, 0.1) is 0 Å². The Morgan fingerprint density at radius 2 is 2.40 bits per heavy atom. The highest BCUT2D eigenvalue weighted by Gasteiger charge is 2.10. The summed E-state index contributed by atoms with van der Waals surface area (Å²) in [7, 11) is 0. The maximum Gasteiger partial charge on any atom is 0.460 e. The van der Waals surface area contributed by atoms with Crippen LogP contribution in [0, 0.1) is 19.3 Å². The van der Waals surface area contributed by atoms with E-state index in [0.717, 1.165) is 5.56 Å². The third-order valence-electron chi connectivity index (χ3n) is 1.08. The fourth-order valence-corrected chi connectivity index (χ4v) is 0.621. The Balaban J connectivity index is 3.23. The largest absolute Gasteiger partial charge is 0.460 e. The second-order valence-corrected chi connectivity index (χ2v) is 1.95. The molecule has 1 aromatic heterocycles. The molecular weight excluding hydrogens is 131 g/mol. The molecule has 0 unspecified atom stereocenters. The summed E-state index contributed by atoms with van der Waals surface area (Å²) >= 11 is 0. The molecule has 0 N–H and O–H groups in total. The van der Waals surface area contributed by atoms with E-state index >= 15 is 0 Å². The molecule has 0 bridgehead atoms. The van der Waals surface area contributed by atoms with Gasteiger partial charge in [-0.3, -0.25) is 0 Å². The Labute approximate surface area is 58.1 Å². The molecule has 0 radical (unpaired) electrons. The van der Waals surface area contributed by atoms with E-state index in [4.69, 9.17) is 6.57 Å². The van der Waals surface area contributed by atoms with Crippen molar-refractivity contribution in [1.82, 2.24) is 4.98 Å². The lowest BCUT2D eigenvalue weighted by atomic mass is 10.3. The first kappa shape index (κ1) is 6.69. The van der Waals surface area contributed by atoms with E-state index in [9.17, 15) is 4.39 Å². The first-order valence-corrected chi connectivity index (χ1v) is 2.77. The predicted octanol–water partition coefficient (Wildman–Crippen LogP) is 2.12. The number of nitrogens with zero attached hydrogens (tertiary/aromatic N) is 2. The van der Waals surface area contributed by atoms with Gasteiger partial charge in [0, 0.05) is 0 Å². The zero-order valence-corrected chi connectivity index (χ0v) is 5.50. The highest BCUT2D eigenvalue weighted by Crippen LogP contribution is 2.13. The zero-order chi connectivity index (χ0) is 7.56. The van der Waals surface area contributed by atoms with Crippen LogP contribution in [0.4, 0.5) is 10.2 Å². The molecule has 50 valence electrons. The highest BCUT2D eigenvalue weighted by molar-refractivity contribution is 5.38. The van der Waals surface area contributed by atoms with Crippen LogP contribution in [0.25, 0.3) is 4.85 Å². The maximum absolute atomic E-state index is 12.6. The standard InChI is InChI=1S/C7H6FN2/c1-5-3-6(8)7(9-2)10-4-5/h2-4H,1H3/q+1. The Morgan fingerprint density at radius 3 is 2.90 bits per heavy atom. The molecule has 3 heteroatoms. The second-order valence-electron chi connectivity index (χ2n) is 1.95. The van der Waals surface area contributed by atoms with E-state index in [1.54, 1.807) is 6.92 Å². The van der Waals surface area contributed by atoms with Crippen molar-refractivity contribution < 1.29 is 4.39 Å². The van der Waals surface area contributed by atoms with Crippen LogP contribution in [-0.4, -0.2) is 4.98 Å². The molecule has 0 aliphatic carbocycles. The SMILES string of the molecule is C#[N+]c1ncc(C)cc1F. The number of pyridine rings is 1. The average molecular weight is 137 g/mol. The number of halogens is 1. The first-order chi connectivity index (χ1) is 4.74. The van der Waals surface area contributed by atoms with Crippen LogP contribution in [0.1, 0.15) is 5.56 Å². The summed E-state index contributed by atoms with van der Waals surface area (Å²) in [5.74, 6) is -0.534. The smallest absolute Gasteiger partial charge is 0.196 e. The van der Waals surface area contributed by atoms with Gasteiger partial charge in [-0.25, -0.2) is 0 Å². The van der Waals surface area contributed by atoms with Crippen LogP contribution in [0.2, 0.25) is 0 Å². The normalized spacial score (nSPS) is 8.90. The summed E-state index contributed by atoms with van der Waals surface area (Å²) in [6, 6.07) is 1.33. The molecule has 10 heavy (non-hydrogen) atoms. The van der Waals surface area contributed by atoms with Gasteiger partial charge in [0.1, 0.15) is 12.8 Å². The van der Waals surface area contributed by atoms with Gasteiger partial charge in [-0.2, -0.15) is 9.24 Å². The molecule has 0 spiro atoms. The van der Waals surface area contributed by atoms with E-state index in [0.29, 0.717) is 0 Å². The molecule has 0 aliphatic rings. The quantitative estimate of drug-likeness (QED) is 0.535. The first-order valence-electron chi connectivity index (χ1n) is 2.77. The van der Waals surface area contributed by atoms with Crippen molar-refractivity contribution in [1.29, 1.82) is 0 Å². The zero-order valence-electron chi connectivity index (χ0n) is 5.50. The molecule has 0 aromatic carbocycles. The molecule has 0 atom stereocenters. The summed E-state index contributed by atoms with van der Waals surface area (Å²) in [6.07, 6.45) is 1.51.